The summed E-state index contributed by atoms with van der Waals surface area (Å²) in [6.07, 6.45) is 2.78. The topological polar surface area (TPSA) is 38.3 Å². The molecule has 1 unspecified atom stereocenters. The number of rotatable bonds is 2. The summed E-state index contributed by atoms with van der Waals surface area (Å²) >= 11 is 0. The molecule has 1 saturated heterocycles. The molecule has 13 heavy (non-hydrogen) atoms. The van der Waals surface area contributed by atoms with Crippen molar-refractivity contribution in [3.63, 3.8) is 0 Å². The number of ether oxygens (including phenoxy) is 1. The molecular weight excluding hydrogens is 166 g/mol. The van der Waals surface area contributed by atoms with E-state index in [1.807, 2.05) is 20.8 Å². The molecule has 0 spiro atoms. The summed E-state index contributed by atoms with van der Waals surface area (Å²) in [5, 5.41) is 2.93. The van der Waals surface area contributed by atoms with Gasteiger partial charge in [-0.1, -0.05) is 0 Å². The lowest BCUT2D eigenvalue weighted by Crippen LogP contribution is -2.41. The number of hydrogen-bond acceptors (Lipinski definition) is 2. The second-order valence-corrected chi connectivity index (χ2v) is 4.64. The van der Waals surface area contributed by atoms with Crippen molar-refractivity contribution in [2.75, 3.05) is 6.61 Å². The number of hydrogen-bond donors (Lipinski definition) is 1. The van der Waals surface area contributed by atoms with Crippen molar-refractivity contribution < 1.29 is 9.53 Å². The molecule has 0 aromatic heterocycles. The molecule has 76 valence electrons. The van der Waals surface area contributed by atoms with Crippen molar-refractivity contribution in [3.05, 3.63) is 0 Å². The lowest BCUT2D eigenvalue weighted by atomic mass is 10.1. The summed E-state index contributed by atoms with van der Waals surface area (Å²) in [5.41, 5.74) is -0.129. The van der Waals surface area contributed by atoms with Gasteiger partial charge in [0.05, 0.1) is 12.5 Å². The van der Waals surface area contributed by atoms with E-state index in [9.17, 15) is 4.79 Å². The SMILES string of the molecule is CC(C)(C)NC(=O)CC1CCCO1. The molecule has 0 aromatic carbocycles. The fourth-order valence-electron chi connectivity index (χ4n) is 1.48. The molecule has 0 aliphatic carbocycles. The lowest BCUT2D eigenvalue weighted by Gasteiger charge is -2.21. The Morgan fingerprint density at radius 3 is 2.69 bits per heavy atom. The quantitative estimate of drug-likeness (QED) is 0.707. The predicted octanol–water partition coefficient (Wildman–Crippen LogP) is 1.47. The maximum Gasteiger partial charge on any atom is 0.223 e. The first-order valence-corrected chi connectivity index (χ1v) is 4.90. The fraction of sp³-hybridized carbons (Fsp3) is 0.900. The minimum absolute atomic E-state index is 0.0967. The van der Waals surface area contributed by atoms with Crippen LogP contribution in [-0.2, 0) is 9.53 Å². The van der Waals surface area contributed by atoms with Gasteiger partial charge in [0.1, 0.15) is 0 Å². The number of amides is 1. The van der Waals surface area contributed by atoms with Crippen molar-refractivity contribution in [1.29, 1.82) is 0 Å². The van der Waals surface area contributed by atoms with Crippen LogP contribution in [0.2, 0.25) is 0 Å². The van der Waals surface area contributed by atoms with E-state index in [-0.39, 0.29) is 17.6 Å². The van der Waals surface area contributed by atoms with Gasteiger partial charge < -0.3 is 10.1 Å². The molecule has 0 radical (unpaired) electrons. The van der Waals surface area contributed by atoms with E-state index in [0.29, 0.717) is 6.42 Å². The van der Waals surface area contributed by atoms with Gasteiger partial charge in [0, 0.05) is 12.1 Å². The van der Waals surface area contributed by atoms with E-state index in [1.165, 1.54) is 0 Å². The largest absolute Gasteiger partial charge is 0.378 e. The van der Waals surface area contributed by atoms with Crippen LogP contribution in [-0.4, -0.2) is 24.2 Å². The van der Waals surface area contributed by atoms with E-state index >= 15 is 0 Å². The van der Waals surface area contributed by atoms with Crippen molar-refractivity contribution in [2.24, 2.45) is 0 Å². The van der Waals surface area contributed by atoms with Gasteiger partial charge in [-0.25, -0.2) is 0 Å². The molecule has 1 rings (SSSR count). The van der Waals surface area contributed by atoms with Gasteiger partial charge >= 0.3 is 0 Å². The van der Waals surface area contributed by atoms with Crippen LogP contribution in [0.3, 0.4) is 0 Å². The molecule has 1 aliphatic heterocycles. The monoisotopic (exact) mass is 185 g/mol. The summed E-state index contributed by atoms with van der Waals surface area (Å²) < 4.78 is 5.38. The number of nitrogens with one attached hydrogen (secondary N) is 1. The average molecular weight is 185 g/mol. The molecule has 1 aliphatic rings. The van der Waals surface area contributed by atoms with Crippen molar-refractivity contribution >= 4 is 5.91 Å². The molecule has 1 heterocycles. The van der Waals surface area contributed by atoms with Crippen LogP contribution in [0.25, 0.3) is 0 Å². The Morgan fingerprint density at radius 1 is 1.54 bits per heavy atom. The molecule has 1 N–H and O–H groups in total. The first-order valence-electron chi connectivity index (χ1n) is 4.90. The summed E-state index contributed by atoms with van der Waals surface area (Å²) in [5.74, 6) is 0.0967. The highest BCUT2D eigenvalue weighted by molar-refractivity contribution is 5.77. The standard InChI is InChI=1S/C10H19NO2/c1-10(2,3)11-9(12)7-8-5-4-6-13-8/h8H,4-7H2,1-3H3,(H,11,12). The Bertz CT molecular complexity index is 178. The fourth-order valence-corrected chi connectivity index (χ4v) is 1.48. The highest BCUT2D eigenvalue weighted by atomic mass is 16.5. The zero-order valence-corrected chi connectivity index (χ0v) is 8.72. The first-order chi connectivity index (χ1) is 5.97. The van der Waals surface area contributed by atoms with Crippen LogP contribution in [0.15, 0.2) is 0 Å². The third-order valence-corrected chi connectivity index (χ3v) is 1.95. The maximum atomic E-state index is 11.4. The average Bonchev–Trinajstić information content (AvgIpc) is 2.34. The summed E-state index contributed by atoms with van der Waals surface area (Å²) in [7, 11) is 0. The first kappa shape index (κ1) is 10.5. The Kier molecular flexibility index (Phi) is 3.31. The van der Waals surface area contributed by atoms with Crippen LogP contribution in [0.1, 0.15) is 40.0 Å². The highest BCUT2D eigenvalue weighted by Gasteiger charge is 2.21. The Hall–Kier alpha value is -0.570. The second-order valence-electron chi connectivity index (χ2n) is 4.64. The smallest absolute Gasteiger partial charge is 0.223 e. The number of carbonyl (C=O) groups is 1. The third kappa shape index (κ3) is 4.27. The van der Waals surface area contributed by atoms with E-state index in [2.05, 4.69) is 5.32 Å². The Morgan fingerprint density at radius 2 is 2.23 bits per heavy atom. The maximum absolute atomic E-state index is 11.4. The van der Waals surface area contributed by atoms with E-state index < -0.39 is 0 Å². The zero-order chi connectivity index (χ0) is 9.90. The molecule has 0 saturated carbocycles. The van der Waals surface area contributed by atoms with E-state index in [4.69, 9.17) is 4.74 Å². The van der Waals surface area contributed by atoms with E-state index in [1.54, 1.807) is 0 Å². The van der Waals surface area contributed by atoms with Crippen LogP contribution in [0, 0.1) is 0 Å². The van der Waals surface area contributed by atoms with Gasteiger partial charge in [-0.05, 0) is 33.6 Å². The van der Waals surface area contributed by atoms with Crippen LogP contribution in [0.4, 0.5) is 0 Å². The van der Waals surface area contributed by atoms with Gasteiger partial charge in [0.25, 0.3) is 0 Å². The normalized spacial score (nSPS) is 23.2. The summed E-state index contributed by atoms with van der Waals surface area (Å²) in [4.78, 5) is 11.4. The van der Waals surface area contributed by atoms with Gasteiger partial charge in [-0.15, -0.1) is 0 Å². The third-order valence-electron chi connectivity index (χ3n) is 1.95. The summed E-state index contributed by atoms with van der Waals surface area (Å²) in [6, 6.07) is 0. The Balaban J connectivity index is 2.24. The second kappa shape index (κ2) is 4.09. The lowest BCUT2D eigenvalue weighted by molar-refractivity contribution is -0.124. The molecule has 0 bridgehead atoms. The van der Waals surface area contributed by atoms with Crippen LogP contribution < -0.4 is 5.32 Å². The molecule has 1 fully saturated rings. The van der Waals surface area contributed by atoms with Gasteiger partial charge in [0.2, 0.25) is 5.91 Å². The minimum Gasteiger partial charge on any atom is -0.378 e. The summed E-state index contributed by atoms with van der Waals surface area (Å²) in [6.45, 7) is 6.77. The van der Waals surface area contributed by atoms with Gasteiger partial charge in [0.15, 0.2) is 0 Å². The molecule has 1 atom stereocenters. The molecule has 0 aromatic rings. The minimum atomic E-state index is -0.129. The number of carbonyl (C=O) groups excluding carboxylic acids is 1. The Labute approximate surface area is 79.8 Å². The highest BCUT2D eigenvalue weighted by Crippen LogP contribution is 2.15. The molecule has 3 nitrogen and oxygen atoms in total. The van der Waals surface area contributed by atoms with Crippen molar-refractivity contribution in [2.45, 2.75) is 51.7 Å². The molecule has 3 heteroatoms. The molecular formula is C10H19NO2. The van der Waals surface area contributed by atoms with Crippen molar-refractivity contribution in [3.8, 4) is 0 Å². The predicted molar refractivity (Wildman–Crippen MR) is 51.5 cm³/mol. The van der Waals surface area contributed by atoms with Gasteiger partial charge in [-0.3, -0.25) is 4.79 Å². The van der Waals surface area contributed by atoms with E-state index in [0.717, 1.165) is 19.4 Å². The van der Waals surface area contributed by atoms with Gasteiger partial charge in [-0.2, -0.15) is 0 Å². The molecule has 1 amide bonds. The van der Waals surface area contributed by atoms with Crippen LogP contribution in [0.5, 0.6) is 0 Å². The van der Waals surface area contributed by atoms with Crippen LogP contribution >= 0.6 is 0 Å². The zero-order valence-electron chi connectivity index (χ0n) is 8.72. The van der Waals surface area contributed by atoms with Crippen molar-refractivity contribution in [1.82, 2.24) is 5.32 Å².